The topological polar surface area (TPSA) is 50.6 Å². The summed E-state index contributed by atoms with van der Waals surface area (Å²) in [5, 5.41) is 0. The number of carbonyl (C=O) groups is 1. The average Bonchev–Trinajstić information content (AvgIpc) is 3.15. The number of hydrogen-bond acceptors (Lipinski definition) is 4. The summed E-state index contributed by atoms with van der Waals surface area (Å²) in [6, 6.07) is 8.33. The Labute approximate surface area is 174 Å². The molecule has 1 aliphatic rings. The molecule has 1 saturated heterocycles. The van der Waals surface area contributed by atoms with Crippen molar-refractivity contribution in [3.8, 4) is 5.75 Å². The Bertz CT molecular complexity index is 789. The van der Waals surface area contributed by atoms with Crippen molar-refractivity contribution in [2.45, 2.75) is 39.7 Å². The standard InChI is InChI=1S/C23H34N4O2/c1-4-26(23(28)18-27-14-11-24-19(27)2)17-21-8-6-12-25(16-21)13-10-20-7-5-9-22(15-20)29-3/h5,7,9,11,14-15,21H,4,6,8,10,12-13,16-18H2,1-3H3/t21-/m1/s1. The lowest BCUT2D eigenvalue weighted by Gasteiger charge is -2.35. The van der Waals surface area contributed by atoms with Crippen LogP contribution in [0.1, 0.15) is 31.2 Å². The van der Waals surface area contributed by atoms with Gasteiger partial charge >= 0.3 is 0 Å². The zero-order valence-electron chi connectivity index (χ0n) is 18.0. The van der Waals surface area contributed by atoms with Crippen LogP contribution in [-0.4, -0.2) is 65.1 Å². The van der Waals surface area contributed by atoms with Crippen molar-refractivity contribution in [3.63, 3.8) is 0 Å². The number of piperidine rings is 1. The van der Waals surface area contributed by atoms with Crippen LogP contribution < -0.4 is 4.74 Å². The zero-order chi connectivity index (χ0) is 20.6. The average molecular weight is 399 g/mol. The Morgan fingerprint density at radius 3 is 2.97 bits per heavy atom. The lowest BCUT2D eigenvalue weighted by molar-refractivity contribution is -0.132. The second-order valence-electron chi connectivity index (χ2n) is 7.95. The molecule has 158 valence electrons. The van der Waals surface area contributed by atoms with Gasteiger partial charge < -0.3 is 19.1 Å². The molecule has 1 aliphatic heterocycles. The molecule has 6 heteroatoms. The predicted octanol–water partition coefficient (Wildman–Crippen LogP) is 3.00. The number of amides is 1. The van der Waals surface area contributed by atoms with Gasteiger partial charge in [-0.15, -0.1) is 0 Å². The van der Waals surface area contributed by atoms with Crippen LogP contribution in [0.15, 0.2) is 36.7 Å². The van der Waals surface area contributed by atoms with Gasteiger partial charge in [0.15, 0.2) is 0 Å². The van der Waals surface area contributed by atoms with E-state index in [9.17, 15) is 4.79 Å². The molecular formula is C23H34N4O2. The molecule has 2 aromatic rings. The number of likely N-dealkylation sites (N-methyl/N-ethyl adjacent to an activating group) is 1. The van der Waals surface area contributed by atoms with Gasteiger partial charge in [0.25, 0.3) is 0 Å². The van der Waals surface area contributed by atoms with E-state index in [4.69, 9.17) is 4.74 Å². The number of benzene rings is 1. The summed E-state index contributed by atoms with van der Waals surface area (Å²) in [5.74, 6) is 2.53. The Kier molecular flexibility index (Phi) is 7.69. The van der Waals surface area contributed by atoms with Gasteiger partial charge in [-0.3, -0.25) is 4.79 Å². The van der Waals surface area contributed by atoms with Gasteiger partial charge in [-0.05, 0) is 63.3 Å². The summed E-state index contributed by atoms with van der Waals surface area (Å²) in [5.41, 5.74) is 1.31. The summed E-state index contributed by atoms with van der Waals surface area (Å²) in [4.78, 5) is 21.5. The van der Waals surface area contributed by atoms with E-state index in [1.165, 1.54) is 18.4 Å². The highest BCUT2D eigenvalue weighted by atomic mass is 16.5. The van der Waals surface area contributed by atoms with Gasteiger partial charge in [0, 0.05) is 38.6 Å². The van der Waals surface area contributed by atoms with E-state index in [0.29, 0.717) is 12.5 Å². The smallest absolute Gasteiger partial charge is 0.242 e. The third-order valence-electron chi connectivity index (χ3n) is 5.90. The summed E-state index contributed by atoms with van der Waals surface area (Å²) in [6.45, 7) is 9.26. The van der Waals surface area contributed by atoms with Gasteiger partial charge in [-0.25, -0.2) is 4.98 Å². The Hall–Kier alpha value is -2.34. The van der Waals surface area contributed by atoms with Crippen LogP contribution in [0.3, 0.4) is 0 Å². The highest BCUT2D eigenvalue weighted by Gasteiger charge is 2.24. The van der Waals surface area contributed by atoms with Crippen molar-refractivity contribution >= 4 is 5.91 Å². The zero-order valence-corrected chi connectivity index (χ0v) is 18.0. The quantitative estimate of drug-likeness (QED) is 0.652. The monoisotopic (exact) mass is 398 g/mol. The first-order chi connectivity index (χ1) is 14.1. The molecule has 1 aromatic heterocycles. The molecule has 0 bridgehead atoms. The molecule has 1 atom stereocenters. The van der Waals surface area contributed by atoms with Gasteiger partial charge in [0.05, 0.1) is 7.11 Å². The van der Waals surface area contributed by atoms with E-state index in [2.05, 4.69) is 35.0 Å². The first-order valence-electron chi connectivity index (χ1n) is 10.7. The number of ether oxygens (including phenoxy) is 1. The number of hydrogen-bond donors (Lipinski definition) is 0. The van der Waals surface area contributed by atoms with Gasteiger partial charge in [0.2, 0.25) is 5.91 Å². The Morgan fingerprint density at radius 1 is 1.38 bits per heavy atom. The molecule has 29 heavy (non-hydrogen) atoms. The van der Waals surface area contributed by atoms with Crippen LogP contribution in [0.25, 0.3) is 0 Å². The van der Waals surface area contributed by atoms with E-state index < -0.39 is 0 Å². The summed E-state index contributed by atoms with van der Waals surface area (Å²) in [6.07, 6.45) is 7.06. The number of likely N-dealkylation sites (tertiary alicyclic amines) is 1. The third kappa shape index (κ3) is 6.07. The van der Waals surface area contributed by atoms with Gasteiger partial charge in [-0.1, -0.05) is 12.1 Å². The Balaban J connectivity index is 1.49. The summed E-state index contributed by atoms with van der Waals surface area (Å²) >= 11 is 0. The second-order valence-corrected chi connectivity index (χ2v) is 7.95. The van der Waals surface area contributed by atoms with Crippen LogP contribution in [0.4, 0.5) is 0 Å². The highest BCUT2D eigenvalue weighted by Crippen LogP contribution is 2.19. The minimum Gasteiger partial charge on any atom is -0.497 e. The molecule has 1 aromatic carbocycles. The Morgan fingerprint density at radius 2 is 2.24 bits per heavy atom. The second kappa shape index (κ2) is 10.4. The maximum absolute atomic E-state index is 12.8. The van der Waals surface area contributed by atoms with E-state index in [1.54, 1.807) is 13.3 Å². The lowest BCUT2D eigenvalue weighted by Crippen LogP contribution is -2.44. The lowest BCUT2D eigenvalue weighted by atomic mass is 9.96. The summed E-state index contributed by atoms with van der Waals surface area (Å²) < 4.78 is 7.25. The van der Waals surface area contributed by atoms with Crippen molar-refractivity contribution in [3.05, 3.63) is 48.0 Å². The first-order valence-corrected chi connectivity index (χ1v) is 10.7. The van der Waals surface area contributed by atoms with Crippen molar-refractivity contribution in [1.82, 2.24) is 19.4 Å². The van der Waals surface area contributed by atoms with Crippen LogP contribution in [0, 0.1) is 12.8 Å². The fourth-order valence-electron chi connectivity index (χ4n) is 4.15. The number of imidazole rings is 1. The van der Waals surface area contributed by atoms with Gasteiger partial charge in [0.1, 0.15) is 18.1 Å². The minimum absolute atomic E-state index is 0.183. The number of nitrogens with zero attached hydrogens (tertiary/aromatic N) is 4. The van der Waals surface area contributed by atoms with Crippen molar-refractivity contribution < 1.29 is 9.53 Å². The number of rotatable bonds is 9. The highest BCUT2D eigenvalue weighted by molar-refractivity contribution is 5.76. The first kappa shape index (κ1) is 21.4. The normalized spacial score (nSPS) is 17.3. The van der Waals surface area contributed by atoms with Crippen molar-refractivity contribution in [2.75, 3.05) is 39.8 Å². The fraction of sp³-hybridized carbons (Fsp3) is 0.565. The van der Waals surface area contributed by atoms with Crippen molar-refractivity contribution in [2.24, 2.45) is 5.92 Å². The fourth-order valence-corrected chi connectivity index (χ4v) is 4.15. The maximum atomic E-state index is 12.8. The molecule has 2 heterocycles. The largest absolute Gasteiger partial charge is 0.497 e. The van der Waals surface area contributed by atoms with Crippen LogP contribution in [0.5, 0.6) is 5.75 Å². The number of aromatic nitrogens is 2. The van der Waals surface area contributed by atoms with E-state index >= 15 is 0 Å². The van der Waals surface area contributed by atoms with Crippen molar-refractivity contribution in [1.29, 1.82) is 0 Å². The molecule has 0 spiro atoms. The molecule has 1 amide bonds. The van der Waals surface area contributed by atoms with Gasteiger partial charge in [-0.2, -0.15) is 0 Å². The van der Waals surface area contributed by atoms with Crippen LogP contribution in [0.2, 0.25) is 0 Å². The molecule has 6 nitrogen and oxygen atoms in total. The SMILES string of the molecule is CCN(C[C@@H]1CCCN(CCc2cccc(OC)c2)C1)C(=O)Cn1ccnc1C. The summed E-state index contributed by atoms with van der Waals surface area (Å²) in [7, 11) is 1.71. The molecular weight excluding hydrogens is 364 g/mol. The number of carbonyl (C=O) groups excluding carboxylic acids is 1. The van der Waals surface area contributed by atoms with Crippen LogP contribution in [-0.2, 0) is 17.8 Å². The molecule has 0 saturated carbocycles. The molecule has 0 aliphatic carbocycles. The number of aryl methyl sites for hydroxylation is 1. The van der Waals surface area contributed by atoms with E-state index in [-0.39, 0.29) is 5.91 Å². The van der Waals surface area contributed by atoms with Crippen LogP contribution >= 0.6 is 0 Å². The molecule has 1 fully saturated rings. The molecule has 3 rings (SSSR count). The predicted molar refractivity (Wildman–Crippen MR) is 115 cm³/mol. The van der Waals surface area contributed by atoms with E-state index in [1.807, 2.05) is 28.7 Å². The minimum atomic E-state index is 0.183. The molecule has 0 radical (unpaired) electrons. The third-order valence-corrected chi connectivity index (χ3v) is 5.90. The number of methoxy groups -OCH3 is 1. The maximum Gasteiger partial charge on any atom is 0.242 e. The van der Waals surface area contributed by atoms with E-state index in [0.717, 1.165) is 50.7 Å². The molecule has 0 N–H and O–H groups in total. The molecule has 0 unspecified atom stereocenters.